The van der Waals surface area contributed by atoms with Crippen LogP contribution in [0.3, 0.4) is 0 Å². The smallest absolute Gasteiger partial charge is 0.0190 e. The summed E-state index contributed by atoms with van der Waals surface area (Å²) < 4.78 is 0. The molecule has 574 valence electrons. The van der Waals surface area contributed by atoms with Crippen LogP contribution in [0.4, 0.5) is 0 Å². The number of aromatic nitrogens is 6. The monoisotopic (exact) mass is 2180 g/mol. The fraction of sp³-hybridized carbons (Fsp3) is 0.126. The Morgan fingerprint density at radius 3 is 0.876 bits per heavy atom. The quantitative estimate of drug-likeness (QED) is 0.101. The van der Waals surface area contributed by atoms with Crippen molar-refractivity contribution >= 4 is 0 Å². The largest absolute Gasteiger partial charge is 0.305 e. The molecule has 0 unspecified atom stereocenters. The van der Waals surface area contributed by atoms with E-state index in [4.69, 9.17) is 0 Å². The van der Waals surface area contributed by atoms with Crippen LogP contribution < -0.4 is 0 Å². The number of pyridine rings is 6. The van der Waals surface area contributed by atoms with Crippen molar-refractivity contribution in [2.45, 2.75) is 73.6 Å². The molecule has 16 aromatic rings. The zero-order chi connectivity index (χ0) is 75.8. The first-order chi connectivity index (χ1) is 53.2. The van der Waals surface area contributed by atoms with Crippen LogP contribution in [0.15, 0.2) is 365 Å². The van der Waals surface area contributed by atoms with Crippen molar-refractivity contribution in [2.75, 3.05) is 0 Å². The van der Waals surface area contributed by atoms with E-state index >= 15 is 0 Å². The fourth-order valence-corrected chi connectivity index (χ4v) is 12.0. The van der Waals surface area contributed by atoms with E-state index in [1.54, 1.807) is 12.4 Å². The molecule has 0 spiro atoms. The van der Waals surface area contributed by atoms with Gasteiger partial charge >= 0.3 is 0 Å². The van der Waals surface area contributed by atoms with Crippen molar-refractivity contribution < 1.29 is 80.4 Å². The molecule has 4 radical (unpaired) electrons. The van der Waals surface area contributed by atoms with Gasteiger partial charge < -0.3 is 29.9 Å². The summed E-state index contributed by atoms with van der Waals surface area (Å²) in [7, 11) is 0. The van der Waals surface area contributed by atoms with Crippen LogP contribution in [0.25, 0.3) is 112 Å². The van der Waals surface area contributed by atoms with Gasteiger partial charge in [-0.05, 0) is 135 Å². The molecule has 113 heavy (non-hydrogen) atoms. The Labute approximate surface area is 724 Å². The first-order valence-corrected chi connectivity index (χ1v) is 37.1. The van der Waals surface area contributed by atoms with Crippen LogP contribution in [0.1, 0.15) is 70.7 Å². The summed E-state index contributed by atoms with van der Waals surface area (Å²) >= 11 is 0. The van der Waals surface area contributed by atoms with Gasteiger partial charge in [-0.3, -0.25) is 0 Å². The van der Waals surface area contributed by atoms with Crippen LogP contribution in [0.2, 0.25) is 0 Å². The number of rotatable bonds is 14. The summed E-state index contributed by atoms with van der Waals surface area (Å²) in [6.45, 7) is 17.7. The Bertz CT molecular complexity index is 5070. The molecule has 0 aliphatic heterocycles. The van der Waals surface area contributed by atoms with Gasteiger partial charge in [0, 0.05) is 118 Å². The molecule has 6 aromatic heterocycles. The maximum Gasteiger partial charge on any atom is 0.0190 e. The number of hydrogen-bond donors (Lipinski definition) is 0. The predicted octanol–water partition coefficient (Wildman–Crippen LogP) is 26.0. The molecule has 0 saturated carbocycles. The standard InChI is InChI=1S/3C21H20N.C18H14N.2C11H8N.4Ir/c1-21(2,3)19-12-13-22-20(15-19)18-11-7-10-17(14-18)16-8-5-4-6-9-16;2*1-16(2)13-17-11-12-22-21(14-17)20-10-6-9-19(15-20)18-7-4-3-5-8-18;1-14-10-11-18(19-13-14)17-9-5-8-16(12-17)15-6-3-2-4-7-15;2*1-2-6-10(7-3-1)11-8-4-5-9-12-11;;;;/h4-10,12-15H,1-3H3;2*3-9,11-12,14-16H,13H2,1-2H3;2-8,10-13H,1H3;2*1-6,8-9H;;;;/q6*-1;;;;. The van der Waals surface area contributed by atoms with E-state index in [0.717, 1.165) is 80.4 Å². The van der Waals surface area contributed by atoms with Crippen molar-refractivity contribution in [1.82, 2.24) is 29.9 Å². The van der Waals surface area contributed by atoms with Gasteiger partial charge in [-0.15, -0.1) is 213 Å². The van der Waals surface area contributed by atoms with E-state index in [1.165, 1.54) is 66.8 Å². The summed E-state index contributed by atoms with van der Waals surface area (Å²) in [5.41, 5.74) is 27.0. The maximum atomic E-state index is 4.53. The molecule has 10 aromatic carbocycles. The van der Waals surface area contributed by atoms with Gasteiger partial charge in [0.05, 0.1) is 0 Å². The Balaban J connectivity index is 0.000000189. The van der Waals surface area contributed by atoms with Gasteiger partial charge in [-0.25, -0.2) is 0 Å². The van der Waals surface area contributed by atoms with Crippen molar-refractivity contribution in [3.05, 3.63) is 423 Å². The molecule has 6 nitrogen and oxygen atoms in total. The van der Waals surface area contributed by atoms with Crippen LogP contribution in [0, 0.1) is 55.2 Å². The minimum atomic E-state index is 0. The van der Waals surface area contributed by atoms with E-state index in [9.17, 15) is 0 Å². The third-order valence-electron chi connectivity index (χ3n) is 17.5. The van der Waals surface area contributed by atoms with Gasteiger partial charge in [-0.1, -0.05) is 236 Å². The molecule has 0 saturated heterocycles. The minimum Gasteiger partial charge on any atom is -0.305 e. The van der Waals surface area contributed by atoms with Crippen LogP contribution in [0.5, 0.6) is 0 Å². The topological polar surface area (TPSA) is 77.3 Å². The summed E-state index contributed by atoms with van der Waals surface area (Å²) in [6.07, 6.45) is 13.3. The third kappa shape index (κ3) is 28.7. The van der Waals surface area contributed by atoms with Gasteiger partial charge in [0.15, 0.2) is 0 Å². The van der Waals surface area contributed by atoms with E-state index in [0.29, 0.717) is 11.8 Å². The second-order valence-electron chi connectivity index (χ2n) is 28.1. The van der Waals surface area contributed by atoms with Crippen molar-refractivity contribution in [2.24, 2.45) is 11.8 Å². The molecule has 0 aliphatic carbocycles. The molecule has 10 heteroatoms. The molecule has 0 N–H and O–H groups in total. The van der Waals surface area contributed by atoms with Gasteiger partial charge in [0.25, 0.3) is 0 Å². The summed E-state index contributed by atoms with van der Waals surface area (Å²) in [4.78, 5) is 26.5. The second-order valence-corrected chi connectivity index (χ2v) is 28.1. The molecule has 0 aliphatic rings. The number of benzene rings is 10. The van der Waals surface area contributed by atoms with E-state index in [-0.39, 0.29) is 85.8 Å². The van der Waals surface area contributed by atoms with Crippen molar-refractivity contribution in [3.8, 4) is 112 Å². The number of aryl methyl sites for hydroxylation is 1. The number of hydrogen-bond acceptors (Lipinski definition) is 6. The van der Waals surface area contributed by atoms with Gasteiger partial charge in [-0.2, -0.15) is 0 Å². The van der Waals surface area contributed by atoms with Gasteiger partial charge in [0.1, 0.15) is 0 Å². The molecule has 16 rings (SSSR count). The molecule has 0 fully saturated rings. The SMILES string of the molecule is CC(C)(C)c1ccnc(-c2[c-]ccc(-c3ccccc3)c2)c1.CC(C)Cc1ccnc(-c2[c-]ccc(-c3ccccc3)c2)c1.CC(C)Cc1ccnc(-c2[c-]ccc(-c3ccccc3)c2)c1.Cc1ccc(-c2[c-]ccc(-c3ccccc3)c2)nc1.[Ir].[Ir].[Ir].[Ir].[c-]1ccccc1-c1ccccn1.[c-]1ccccc1-c1ccccn1. The first-order valence-electron chi connectivity index (χ1n) is 37.1. The summed E-state index contributed by atoms with van der Waals surface area (Å²) in [5.74, 6) is 1.30. The van der Waals surface area contributed by atoms with Gasteiger partial charge in [0.2, 0.25) is 0 Å². The van der Waals surface area contributed by atoms with E-state index < -0.39 is 0 Å². The Hall–Kier alpha value is -10.3. The third-order valence-corrected chi connectivity index (χ3v) is 17.5. The number of nitrogens with zero attached hydrogens (tertiary/aromatic N) is 6. The molecule has 0 bridgehead atoms. The molecular formula is C103H90Ir4N6-6. The zero-order valence-corrected chi connectivity index (χ0v) is 74.3. The average molecular weight is 2180 g/mol. The summed E-state index contributed by atoms with van der Waals surface area (Å²) in [5, 5.41) is 0. The van der Waals surface area contributed by atoms with Crippen LogP contribution in [-0.4, -0.2) is 29.9 Å². The maximum absolute atomic E-state index is 4.53. The van der Waals surface area contributed by atoms with Crippen molar-refractivity contribution in [1.29, 1.82) is 0 Å². The Morgan fingerprint density at radius 2 is 0.566 bits per heavy atom. The second kappa shape index (κ2) is 47.3. The zero-order valence-electron chi connectivity index (χ0n) is 64.7. The van der Waals surface area contributed by atoms with E-state index in [1.807, 2.05) is 171 Å². The average Bonchev–Trinajstić information content (AvgIpc) is 0.832. The molecule has 0 atom stereocenters. The predicted molar refractivity (Wildman–Crippen MR) is 453 cm³/mol. The molecular weight excluding hydrogens is 2090 g/mol. The normalized spacial score (nSPS) is 10.2. The van der Waals surface area contributed by atoms with Crippen molar-refractivity contribution in [3.63, 3.8) is 0 Å². The minimum absolute atomic E-state index is 0. The fourth-order valence-electron chi connectivity index (χ4n) is 12.0. The molecule has 0 amide bonds. The summed E-state index contributed by atoms with van der Waals surface area (Å²) in [6, 6.07) is 130. The Morgan fingerprint density at radius 1 is 0.257 bits per heavy atom. The van der Waals surface area contributed by atoms with Crippen LogP contribution >= 0.6 is 0 Å². The first kappa shape index (κ1) is 89.9. The van der Waals surface area contributed by atoms with E-state index in [2.05, 4.69) is 303 Å². The molecule has 6 heterocycles. The Kier molecular flexibility index (Phi) is 37.6. The van der Waals surface area contributed by atoms with Crippen LogP contribution in [-0.2, 0) is 98.7 Å².